The minimum Gasteiger partial charge on any atom is -0.328 e. The van der Waals surface area contributed by atoms with Crippen LogP contribution >= 0.6 is 12.4 Å². The molecule has 1 aliphatic rings. The highest BCUT2D eigenvalue weighted by Crippen LogP contribution is 2.21. The average molecular weight is 273 g/mol. The topological polar surface area (TPSA) is 29.3 Å². The second kappa shape index (κ2) is 7.07. The zero-order valence-corrected chi connectivity index (χ0v) is 11.6. The van der Waals surface area contributed by atoms with Crippen molar-refractivity contribution < 1.29 is 4.39 Å². The maximum absolute atomic E-state index is 13.1. The SMILES string of the molecule is CC(N)C1CCN(Cc2cccc(F)c2)CC1.Cl. The molecule has 1 aromatic carbocycles. The van der Waals surface area contributed by atoms with E-state index in [1.165, 1.54) is 6.07 Å². The monoisotopic (exact) mass is 272 g/mol. The Labute approximate surface area is 115 Å². The van der Waals surface area contributed by atoms with E-state index in [1.54, 1.807) is 12.1 Å². The third kappa shape index (κ3) is 4.23. The van der Waals surface area contributed by atoms with Crippen molar-refractivity contribution in [3.63, 3.8) is 0 Å². The number of rotatable bonds is 3. The number of hydrogen-bond acceptors (Lipinski definition) is 2. The van der Waals surface area contributed by atoms with E-state index < -0.39 is 0 Å². The van der Waals surface area contributed by atoms with E-state index in [9.17, 15) is 4.39 Å². The lowest BCUT2D eigenvalue weighted by molar-refractivity contribution is 0.165. The minimum absolute atomic E-state index is 0. The maximum atomic E-state index is 13.1. The second-order valence-corrected chi connectivity index (χ2v) is 5.10. The summed E-state index contributed by atoms with van der Waals surface area (Å²) in [5, 5.41) is 0. The van der Waals surface area contributed by atoms with Crippen LogP contribution in [-0.4, -0.2) is 24.0 Å². The van der Waals surface area contributed by atoms with Gasteiger partial charge in [0.1, 0.15) is 5.82 Å². The Morgan fingerprint density at radius 1 is 1.39 bits per heavy atom. The first-order valence-corrected chi connectivity index (χ1v) is 6.37. The van der Waals surface area contributed by atoms with E-state index in [-0.39, 0.29) is 18.2 Å². The van der Waals surface area contributed by atoms with Gasteiger partial charge >= 0.3 is 0 Å². The van der Waals surface area contributed by atoms with Crippen LogP contribution in [0.4, 0.5) is 4.39 Å². The number of likely N-dealkylation sites (tertiary alicyclic amines) is 1. The lowest BCUT2D eigenvalue weighted by atomic mass is 9.91. The average Bonchev–Trinajstić information content (AvgIpc) is 2.29. The van der Waals surface area contributed by atoms with Crippen molar-refractivity contribution in [3.8, 4) is 0 Å². The van der Waals surface area contributed by atoms with Gasteiger partial charge in [0.25, 0.3) is 0 Å². The zero-order chi connectivity index (χ0) is 12.3. The van der Waals surface area contributed by atoms with Crippen LogP contribution in [0.5, 0.6) is 0 Å². The number of halogens is 2. The molecule has 1 atom stereocenters. The van der Waals surface area contributed by atoms with Crippen molar-refractivity contribution in [1.29, 1.82) is 0 Å². The molecule has 18 heavy (non-hydrogen) atoms. The molecule has 2 N–H and O–H groups in total. The van der Waals surface area contributed by atoms with E-state index in [4.69, 9.17) is 5.73 Å². The molecule has 1 aliphatic heterocycles. The Kier molecular flexibility index (Phi) is 6.06. The molecule has 102 valence electrons. The van der Waals surface area contributed by atoms with Crippen LogP contribution in [0.2, 0.25) is 0 Å². The summed E-state index contributed by atoms with van der Waals surface area (Å²) >= 11 is 0. The number of benzene rings is 1. The summed E-state index contributed by atoms with van der Waals surface area (Å²) in [6.07, 6.45) is 2.32. The summed E-state index contributed by atoms with van der Waals surface area (Å²) in [6, 6.07) is 7.18. The smallest absolute Gasteiger partial charge is 0.123 e. The Bertz CT molecular complexity index is 363. The summed E-state index contributed by atoms with van der Waals surface area (Å²) in [4.78, 5) is 2.38. The number of piperidine rings is 1. The fourth-order valence-electron chi connectivity index (χ4n) is 2.53. The van der Waals surface area contributed by atoms with Crippen LogP contribution in [-0.2, 0) is 6.54 Å². The van der Waals surface area contributed by atoms with Gasteiger partial charge in [-0.2, -0.15) is 0 Å². The van der Waals surface area contributed by atoms with Crippen molar-refractivity contribution in [1.82, 2.24) is 4.90 Å². The first-order chi connectivity index (χ1) is 8.15. The van der Waals surface area contributed by atoms with Gasteiger partial charge in [-0.05, 0) is 56.5 Å². The van der Waals surface area contributed by atoms with Crippen LogP contribution in [0.15, 0.2) is 24.3 Å². The first-order valence-electron chi connectivity index (χ1n) is 6.37. The Balaban J connectivity index is 0.00000162. The van der Waals surface area contributed by atoms with Gasteiger partial charge in [-0.3, -0.25) is 4.90 Å². The van der Waals surface area contributed by atoms with E-state index in [2.05, 4.69) is 11.8 Å². The highest BCUT2D eigenvalue weighted by Gasteiger charge is 2.21. The number of hydrogen-bond donors (Lipinski definition) is 1. The standard InChI is InChI=1S/C14H21FN2.ClH/c1-11(16)13-5-7-17(8-6-13)10-12-3-2-4-14(15)9-12;/h2-4,9,11,13H,5-8,10,16H2,1H3;1H. The molecule has 1 saturated heterocycles. The molecule has 0 saturated carbocycles. The van der Waals surface area contributed by atoms with Gasteiger partial charge in [0.05, 0.1) is 0 Å². The number of nitrogens with zero attached hydrogens (tertiary/aromatic N) is 1. The normalized spacial score (nSPS) is 19.3. The molecule has 1 heterocycles. The summed E-state index contributed by atoms with van der Waals surface area (Å²) in [7, 11) is 0. The molecule has 1 unspecified atom stereocenters. The highest BCUT2D eigenvalue weighted by molar-refractivity contribution is 5.85. The van der Waals surface area contributed by atoms with Gasteiger partial charge in [-0.15, -0.1) is 12.4 Å². The third-order valence-corrected chi connectivity index (χ3v) is 3.67. The van der Waals surface area contributed by atoms with Crippen LogP contribution in [0.3, 0.4) is 0 Å². The molecule has 0 aliphatic carbocycles. The summed E-state index contributed by atoms with van der Waals surface area (Å²) in [5.74, 6) is 0.506. The van der Waals surface area contributed by atoms with Crippen LogP contribution in [0.25, 0.3) is 0 Å². The Morgan fingerprint density at radius 2 is 2.06 bits per heavy atom. The van der Waals surface area contributed by atoms with Crippen molar-refractivity contribution in [2.24, 2.45) is 11.7 Å². The molecular formula is C14H22ClFN2. The molecule has 0 radical (unpaired) electrons. The maximum Gasteiger partial charge on any atom is 0.123 e. The fraction of sp³-hybridized carbons (Fsp3) is 0.571. The lowest BCUT2D eigenvalue weighted by Gasteiger charge is -2.33. The van der Waals surface area contributed by atoms with Crippen molar-refractivity contribution in [2.75, 3.05) is 13.1 Å². The van der Waals surface area contributed by atoms with Crippen LogP contribution in [0, 0.1) is 11.7 Å². The van der Waals surface area contributed by atoms with Gasteiger partial charge in [0, 0.05) is 12.6 Å². The highest BCUT2D eigenvalue weighted by atomic mass is 35.5. The predicted octanol–water partition coefficient (Wildman–Crippen LogP) is 2.81. The molecule has 2 nitrogen and oxygen atoms in total. The van der Waals surface area contributed by atoms with E-state index in [0.29, 0.717) is 12.0 Å². The Morgan fingerprint density at radius 3 is 2.61 bits per heavy atom. The van der Waals surface area contributed by atoms with E-state index >= 15 is 0 Å². The van der Waals surface area contributed by atoms with Gasteiger partial charge in [0.15, 0.2) is 0 Å². The molecule has 0 amide bonds. The zero-order valence-electron chi connectivity index (χ0n) is 10.8. The molecule has 2 rings (SSSR count). The minimum atomic E-state index is -0.145. The molecule has 4 heteroatoms. The molecule has 0 aromatic heterocycles. The summed E-state index contributed by atoms with van der Waals surface area (Å²) in [6.45, 7) is 5.09. The largest absolute Gasteiger partial charge is 0.328 e. The first kappa shape index (κ1) is 15.4. The molecular weight excluding hydrogens is 251 g/mol. The van der Waals surface area contributed by atoms with Crippen molar-refractivity contribution >= 4 is 12.4 Å². The van der Waals surface area contributed by atoms with Crippen LogP contribution < -0.4 is 5.73 Å². The fourth-order valence-corrected chi connectivity index (χ4v) is 2.53. The van der Waals surface area contributed by atoms with Crippen LogP contribution in [0.1, 0.15) is 25.3 Å². The molecule has 0 spiro atoms. The van der Waals surface area contributed by atoms with E-state index in [1.807, 2.05) is 6.07 Å². The van der Waals surface area contributed by atoms with Crippen molar-refractivity contribution in [2.45, 2.75) is 32.4 Å². The van der Waals surface area contributed by atoms with Gasteiger partial charge in [-0.1, -0.05) is 12.1 Å². The molecule has 1 fully saturated rings. The second-order valence-electron chi connectivity index (χ2n) is 5.10. The van der Waals surface area contributed by atoms with Crippen molar-refractivity contribution in [3.05, 3.63) is 35.6 Å². The predicted molar refractivity (Wildman–Crippen MR) is 75.3 cm³/mol. The lowest BCUT2D eigenvalue weighted by Crippen LogP contribution is -2.39. The Hall–Kier alpha value is -0.640. The molecule has 1 aromatic rings. The quantitative estimate of drug-likeness (QED) is 0.917. The van der Waals surface area contributed by atoms with Gasteiger partial charge < -0.3 is 5.73 Å². The van der Waals surface area contributed by atoms with Gasteiger partial charge in [-0.25, -0.2) is 4.39 Å². The molecule has 0 bridgehead atoms. The number of nitrogens with two attached hydrogens (primary N) is 1. The van der Waals surface area contributed by atoms with E-state index in [0.717, 1.165) is 38.0 Å². The summed E-state index contributed by atoms with van der Waals surface area (Å²) in [5.41, 5.74) is 6.98. The third-order valence-electron chi connectivity index (χ3n) is 3.67. The summed E-state index contributed by atoms with van der Waals surface area (Å²) < 4.78 is 13.1. The van der Waals surface area contributed by atoms with Gasteiger partial charge in [0.2, 0.25) is 0 Å².